The topological polar surface area (TPSA) is 142 Å². The highest BCUT2D eigenvalue weighted by molar-refractivity contribution is 5.96. The number of carbonyl (C=O) groups is 4. The largest absolute Gasteiger partial charge is 0.494 e. The van der Waals surface area contributed by atoms with Gasteiger partial charge in [0.15, 0.2) is 0 Å². The number of hydrogen-bond donors (Lipinski definition) is 0. The van der Waals surface area contributed by atoms with Gasteiger partial charge in [-0.25, -0.2) is 19.2 Å². The van der Waals surface area contributed by atoms with Gasteiger partial charge in [-0.1, -0.05) is 0 Å². The van der Waals surface area contributed by atoms with Crippen molar-refractivity contribution in [3.05, 3.63) is 168 Å². The number of benzene rings is 6. The van der Waals surface area contributed by atoms with Crippen molar-refractivity contribution in [1.82, 2.24) is 0 Å². The molecule has 6 aromatic carbocycles. The van der Waals surface area contributed by atoms with Crippen LogP contribution < -0.4 is 37.9 Å². The lowest BCUT2D eigenvalue weighted by molar-refractivity contribution is 0.0720. The Balaban J connectivity index is 0.848. The summed E-state index contributed by atoms with van der Waals surface area (Å²) in [5.41, 5.74) is 1.12. The molecule has 0 saturated carbocycles. The molecule has 0 unspecified atom stereocenters. The predicted octanol–water partition coefficient (Wildman–Crippen LogP) is 9.60. The fraction of sp³-hybridized carbons (Fsp3) is 0.167. The lowest BCUT2D eigenvalue weighted by Crippen LogP contribution is -2.11. The molecule has 0 radical (unpaired) electrons. The second-order valence-corrected chi connectivity index (χ2v) is 12.9. The van der Waals surface area contributed by atoms with Crippen LogP contribution in [0.2, 0.25) is 0 Å². The molecule has 0 N–H and O–H groups in total. The zero-order valence-corrected chi connectivity index (χ0v) is 33.0. The Kier molecular flexibility index (Phi) is 14.9. The van der Waals surface area contributed by atoms with Crippen LogP contribution in [-0.4, -0.2) is 50.3 Å². The first-order valence-electron chi connectivity index (χ1n) is 19.3. The summed E-state index contributed by atoms with van der Waals surface area (Å²) in [5, 5.41) is 0. The van der Waals surface area contributed by atoms with Crippen LogP contribution in [0.4, 0.5) is 0 Å². The van der Waals surface area contributed by atoms with E-state index in [1.807, 2.05) is 13.8 Å². The number of esters is 4. The average Bonchev–Trinajstić information content (AvgIpc) is 3.27. The minimum absolute atomic E-state index is 0.275. The average molecular weight is 811 g/mol. The highest BCUT2D eigenvalue weighted by Gasteiger charge is 2.15. The van der Waals surface area contributed by atoms with Crippen LogP contribution >= 0.6 is 0 Å². The SMILES string of the molecule is CCOc1ccc(OC(=O)c2ccc(C(=O)Oc3ccc(OCCCCOc4ccc(OC(=O)c5ccc(C(=O)Oc6ccc(OCC)cc6)cc5)cc4)cc3)cc2)cc1. The Bertz CT molecular complexity index is 2150. The van der Waals surface area contributed by atoms with Crippen molar-refractivity contribution in [2.75, 3.05) is 26.4 Å². The molecule has 60 heavy (non-hydrogen) atoms. The maximum atomic E-state index is 12.7. The summed E-state index contributed by atoms with van der Waals surface area (Å²) in [7, 11) is 0. The summed E-state index contributed by atoms with van der Waals surface area (Å²) in [6, 6.07) is 38.9. The van der Waals surface area contributed by atoms with Crippen LogP contribution in [-0.2, 0) is 0 Å². The minimum Gasteiger partial charge on any atom is -0.494 e. The number of rotatable bonds is 19. The molecule has 0 amide bonds. The quantitative estimate of drug-likeness (QED) is 0.0437. The van der Waals surface area contributed by atoms with Crippen LogP contribution in [0.3, 0.4) is 0 Å². The first kappa shape index (κ1) is 42.0. The number of hydrogen-bond acceptors (Lipinski definition) is 12. The van der Waals surface area contributed by atoms with Crippen molar-refractivity contribution >= 4 is 23.9 Å². The van der Waals surface area contributed by atoms with Gasteiger partial charge in [0.2, 0.25) is 0 Å². The third-order valence-corrected chi connectivity index (χ3v) is 8.55. The van der Waals surface area contributed by atoms with Crippen LogP contribution in [0.25, 0.3) is 0 Å². The van der Waals surface area contributed by atoms with Gasteiger partial charge in [0.25, 0.3) is 0 Å². The van der Waals surface area contributed by atoms with Gasteiger partial charge in [-0.05, 0) is 172 Å². The van der Waals surface area contributed by atoms with E-state index in [1.165, 1.54) is 48.5 Å². The molecular formula is C48H42O12. The fourth-order valence-corrected chi connectivity index (χ4v) is 5.48. The molecule has 12 heteroatoms. The van der Waals surface area contributed by atoms with Crippen molar-refractivity contribution < 1.29 is 57.1 Å². The van der Waals surface area contributed by atoms with Gasteiger partial charge in [-0.3, -0.25) is 0 Å². The van der Waals surface area contributed by atoms with Crippen molar-refractivity contribution in [2.24, 2.45) is 0 Å². The minimum atomic E-state index is -0.573. The first-order chi connectivity index (χ1) is 29.3. The van der Waals surface area contributed by atoms with Gasteiger partial charge >= 0.3 is 23.9 Å². The molecule has 6 rings (SSSR count). The van der Waals surface area contributed by atoms with Gasteiger partial charge in [-0.15, -0.1) is 0 Å². The molecule has 0 aliphatic carbocycles. The molecule has 0 spiro atoms. The van der Waals surface area contributed by atoms with Crippen LogP contribution in [0, 0.1) is 0 Å². The maximum absolute atomic E-state index is 12.7. The smallest absolute Gasteiger partial charge is 0.343 e. The van der Waals surface area contributed by atoms with Gasteiger partial charge in [0.1, 0.15) is 46.0 Å². The third kappa shape index (κ3) is 12.4. The number of ether oxygens (including phenoxy) is 8. The van der Waals surface area contributed by atoms with E-state index < -0.39 is 23.9 Å². The summed E-state index contributed by atoms with van der Waals surface area (Å²) < 4.78 is 44.2. The number of carbonyl (C=O) groups excluding carboxylic acids is 4. The van der Waals surface area contributed by atoms with E-state index in [9.17, 15) is 19.2 Å². The van der Waals surface area contributed by atoms with E-state index in [4.69, 9.17) is 37.9 Å². The Morgan fingerprint density at radius 3 is 0.717 bits per heavy atom. The fourth-order valence-electron chi connectivity index (χ4n) is 5.48. The van der Waals surface area contributed by atoms with Crippen molar-refractivity contribution in [3.8, 4) is 46.0 Å². The van der Waals surface area contributed by atoms with E-state index in [2.05, 4.69) is 0 Å². The van der Waals surface area contributed by atoms with Crippen LogP contribution in [0.15, 0.2) is 146 Å². The summed E-state index contributed by atoms with van der Waals surface area (Å²) in [4.78, 5) is 50.5. The molecule has 0 aliphatic heterocycles. The predicted molar refractivity (Wildman–Crippen MR) is 221 cm³/mol. The van der Waals surface area contributed by atoms with Crippen molar-refractivity contribution in [2.45, 2.75) is 26.7 Å². The number of unbranched alkanes of at least 4 members (excludes halogenated alkanes) is 1. The Morgan fingerprint density at radius 1 is 0.300 bits per heavy atom. The summed E-state index contributed by atoms with van der Waals surface area (Å²) in [6.07, 6.45) is 1.46. The second kappa shape index (κ2) is 21.2. The summed E-state index contributed by atoms with van der Waals surface area (Å²) in [5.74, 6) is 1.78. The van der Waals surface area contributed by atoms with E-state index in [-0.39, 0.29) is 22.3 Å². The van der Waals surface area contributed by atoms with Gasteiger partial charge in [-0.2, -0.15) is 0 Å². The Hall–Kier alpha value is -7.60. The van der Waals surface area contributed by atoms with E-state index >= 15 is 0 Å². The second-order valence-electron chi connectivity index (χ2n) is 12.9. The van der Waals surface area contributed by atoms with Crippen molar-refractivity contribution in [3.63, 3.8) is 0 Å². The van der Waals surface area contributed by atoms with Crippen LogP contribution in [0.1, 0.15) is 68.1 Å². The molecule has 0 heterocycles. The highest BCUT2D eigenvalue weighted by Crippen LogP contribution is 2.23. The molecule has 0 aliphatic rings. The highest BCUT2D eigenvalue weighted by atomic mass is 16.5. The Labute approximate surface area is 347 Å². The first-order valence-corrected chi connectivity index (χ1v) is 19.3. The lowest BCUT2D eigenvalue weighted by Gasteiger charge is -2.10. The molecule has 6 aromatic rings. The zero-order valence-electron chi connectivity index (χ0n) is 33.0. The maximum Gasteiger partial charge on any atom is 0.343 e. The lowest BCUT2D eigenvalue weighted by atomic mass is 10.1. The Morgan fingerprint density at radius 2 is 0.500 bits per heavy atom. The summed E-state index contributed by atoms with van der Waals surface area (Å²) >= 11 is 0. The monoisotopic (exact) mass is 810 g/mol. The molecule has 0 saturated heterocycles. The van der Waals surface area contributed by atoms with E-state index in [1.54, 1.807) is 97.1 Å². The molecule has 306 valence electrons. The molecule has 0 fully saturated rings. The van der Waals surface area contributed by atoms with E-state index in [0.29, 0.717) is 72.4 Å². The van der Waals surface area contributed by atoms with Gasteiger partial charge in [0, 0.05) is 0 Å². The molecule has 0 aromatic heterocycles. The molecule has 0 atom stereocenters. The third-order valence-electron chi connectivity index (χ3n) is 8.55. The normalized spacial score (nSPS) is 10.5. The molecule has 0 bridgehead atoms. The van der Waals surface area contributed by atoms with Crippen molar-refractivity contribution in [1.29, 1.82) is 0 Å². The van der Waals surface area contributed by atoms with E-state index in [0.717, 1.165) is 12.8 Å². The zero-order chi connectivity index (χ0) is 42.1. The van der Waals surface area contributed by atoms with Gasteiger partial charge < -0.3 is 37.9 Å². The van der Waals surface area contributed by atoms with Crippen LogP contribution in [0.5, 0.6) is 46.0 Å². The standard InChI is InChI=1S/C48H42O12/c1-3-53-37-15-23-41(24-16-37)57-45(49)33-7-11-35(12-8-33)47(51)59-43-27-19-39(20-28-43)55-31-5-6-32-56-40-21-29-44(30-22-40)60-48(52)36-13-9-34(10-14-36)46(50)58-42-25-17-38(18-26-42)54-4-2/h7-30H,3-6,31-32H2,1-2H3. The molecule has 12 nitrogen and oxygen atoms in total. The molecular weight excluding hydrogens is 769 g/mol. The summed E-state index contributed by atoms with van der Waals surface area (Å²) in [6.45, 7) is 5.75. The van der Waals surface area contributed by atoms with Gasteiger partial charge in [0.05, 0.1) is 48.7 Å².